The molecule has 0 spiro atoms. The fourth-order valence-corrected chi connectivity index (χ4v) is 4.62. The highest BCUT2D eigenvalue weighted by Gasteiger charge is 2.28. The molecule has 1 N–H and O–H groups in total. The van der Waals surface area contributed by atoms with Gasteiger partial charge in [0.25, 0.3) is 0 Å². The highest BCUT2D eigenvalue weighted by Crippen LogP contribution is 2.53. The zero-order valence-corrected chi connectivity index (χ0v) is 11.7. The van der Waals surface area contributed by atoms with E-state index in [0.29, 0.717) is 4.90 Å². The van der Waals surface area contributed by atoms with Crippen molar-refractivity contribution in [1.29, 1.82) is 0 Å². The monoisotopic (exact) mass is 294 g/mol. The summed E-state index contributed by atoms with van der Waals surface area (Å²) in [6.45, 7) is 0. The van der Waals surface area contributed by atoms with Crippen LogP contribution in [0.15, 0.2) is 29.2 Å². The summed E-state index contributed by atoms with van der Waals surface area (Å²) in [6.07, 6.45) is 3.07. The topological polar surface area (TPSA) is 89.9 Å². The van der Waals surface area contributed by atoms with Crippen molar-refractivity contribution in [2.45, 2.75) is 4.90 Å². The van der Waals surface area contributed by atoms with Crippen molar-refractivity contribution in [3.05, 3.63) is 29.8 Å². The van der Waals surface area contributed by atoms with E-state index >= 15 is 0 Å². The number of carbonyl (C=O) groups is 1. The third-order valence-corrected chi connectivity index (χ3v) is 5.96. The minimum Gasteiger partial charge on any atom is -0.478 e. The van der Waals surface area contributed by atoms with Crippen LogP contribution in [0.3, 0.4) is 0 Å². The molecule has 0 unspecified atom stereocenters. The van der Waals surface area contributed by atoms with Gasteiger partial charge in [0.15, 0.2) is 0 Å². The van der Waals surface area contributed by atoms with Gasteiger partial charge in [-0.2, -0.15) is 12.0 Å². The Bertz CT molecular complexity index is 549. The molecule has 0 atom stereocenters. The average molecular weight is 294 g/mol. The lowest BCUT2D eigenvalue weighted by atomic mass is 10.2. The summed E-state index contributed by atoms with van der Waals surface area (Å²) in [5.74, 6) is -1.13. The van der Waals surface area contributed by atoms with Gasteiger partial charge in [-0.15, -0.1) is 0 Å². The Morgan fingerprint density at radius 2 is 1.78 bits per heavy atom. The molecule has 0 aliphatic carbocycles. The number of aromatic carboxylic acids is 1. The van der Waals surface area contributed by atoms with Crippen molar-refractivity contribution < 1.29 is 26.1 Å². The molecule has 0 saturated carbocycles. The molecule has 0 fully saturated rings. The predicted molar refractivity (Wildman–Crippen MR) is 68.1 cm³/mol. The Kier molecular flexibility index (Phi) is 4.38. The number of carboxylic acid groups (broad SMARTS) is 1. The number of carboxylic acids is 1. The minimum atomic E-state index is -4.12. The lowest BCUT2D eigenvalue weighted by Gasteiger charge is -2.30. The van der Waals surface area contributed by atoms with Gasteiger partial charge in [0.2, 0.25) is 0 Å². The third-order valence-electron chi connectivity index (χ3n) is 2.10. The van der Waals surface area contributed by atoms with Crippen LogP contribution in [0, 0.1) is 0 Å². The molecule has 102 valence electrons. The van der Waals surface area contributed by atoms with E-state index < -0.39 is 26.7 Å². The molecule has 1 rings (SSSR count). The molecule has 0 amide bonds. The molecule has 0 bridgehead atoms. The molecule has 0 aromatic heterocycles. The maximum Gasteiger partial charge on any atom is 0.409 e. The van der Waals surface area contributed by atoms with Crippen LogP contribution in [-0.4, -0.2) is 39.1 Å². The van der Waals surface area contributed by atoms with Crippen LogP contribution in [0.25, 0.3) is 0 Å². The molecule has 0 aliphatic rings. The van der Waals surface area contributed by atoms with E-state index in [9.17, 15) is 13.2 Å². The first-order chi connectivity index (χ1) is 8.19. The summed E-state index contributed by atoms with van der Waals surface area (Å²) in [5, 5.41) is 9.06. The Morgan fingerprint density at radius 3 is 2.28 bits per heavy atom. The second-order valence-electron chi connectivity index (χ2n) is 3.68. The summed E-state index contributed by atoms with van der Waals surface area (Å²) < 4.78 is 31.7. The van der Waals surface area contributed by atoms with Gasteiger partial charge < -0.3 is 5.11 Å². The van der Waals surface area contributed by atoms with E-state index in [2.05, 4.69) is 4.18 Å². The molecule has 8 heteroatoms. The van der Waals surface area contributed by atoms with Crippen LogP contribution >= 0.6 is 10.3 Å². The largest absolute Gasteiger partial charge is 0.478 e. The van der Waals surface area contributed by atoms with E-state index in [1.165, 1.54) is 24.6 Å². The number of hydrogen-bond acceptors (Lipinski definition) is 5. The SMILES string of the molecule is COS(=O)(=O)OS(C)(C)c1ccccc1C(=O)O. The van der Waals surface area contributed by atoms with Gasteiger partial charge in [0.05, 0.1) is 12.7 Å². The van der Waals surface area contributed by atoms with Crippen molar-refractivity contribution in [2.75, 3.05) is 19.6 Å². The fourth-order valence-electron chi connectivity index (χ4n) is 1.34. The fraction of sp³-hybridized carbons (Fsp3) is 0.300. The Morgan fingerprint density at radius 1 is 1.22 bits per heavy atom. The van der Waals surface area contributed by atoms with Gasteiger partial charge in [-0.05, 0) is 24.6 Å². The van der Waals surface area contributed by atoms with Crippen molar-refractivity contribution in [3.63, 3.8) is 0 Å². The number of benzene rings is 1. The third kappa shape index (κ3) is 3.45. The summed E-state index contributed by atoms with van der Waals surface area (Å²) in [6, 6.07) is 6.12. The number of rotatable bonds is 5. The molecule has 18 heavy (non-hydrogen) atoms. The molecule has 0 aliphatic heterocycles. The van der Waals surface area contributed by atoms with Gasteiger partial charge in [-0.25, -0.2) is 4.79 Å². The molecule has 1 aromatic carbocycles. The van der Waals surface area contributed by atoms with Crippen LogP contribution < -0.4 is 0 Å². The lowest BCUT2D eigenvalue weighted by molar-refractivity contribution is 0.0692. The zero-order chi connectivity index (χ0) is 14.0. The second kappa shape index (κ2) is 5.27. The van der Waals surface area contributed by atoms with E-state index in [-0.39, 0.29) is 5.56 Å². The smallest absolute Gasteiger partial charge is 0.409 e. The van der Waals surface area contributed by atoms with Crippen molar-refractivity contribution in [2.24, 2.45) is 0 Å². The molecular formula is C10H14O6S2. The number of hydrogen-bond donors (Lipinski definition) is 1. The highest BCUT2D eigenvalue weighted by molar-refractivity contribution is 8.31. The van der Waals surface area contributed by atoms with E-state index in [0.717, 1.165) is 7.11 Å². The maximum absolute atomic E-state index is 11.3. The van der Waals surface area contributed by atoms with Crippen LogP contribution in [0.2, 0.25) is 0 Å². The Labute approximate surface area is 107 Å². The summed E-state index contributed by atoms with van der Waals surface area (Å²) >= 11 is 0. The quantitative estimate of drug-likeness (QED) is 0.887. The summed E-state index contributed by atoms with van der Waals surface area (Å²) in [4.78, 5) is 11.4. The normalized spacial score (nSPS) is 13.3. The molecular weight excluding hydrogens is 280 g/mol. The van der Waals surface area contributed by atoms with Gasteiger partial charge in [0, 0.05) is 4.90 Å². The Balaban J connectivity index is 3.24. The Hall–Kier alpha value is -1.09. The average Bonchev–Trinajstić information content (AvgIpc) is 2.28. The van der Waals surface area contributed by atoms with Gasteiger partial charge in [0.1, 0.15) is 0 Å². The highest BCUT2D eigenvalue weighted by atomic mass is 32.3. The first-order valence-corrected chi connectivity index (χ1v) is 8.48. The van der Waals surface area contributed by atoms with E-state index in [1.54, 1.807) is 12.1 Å². The van der Waals surface area contributed by atoms with Gasteiger partial charge >= 0.3 is 16.4 Å². The van der Waals surface area contributed by atoms with E-state index in [4.69, 9.17) is 8.74 Å². The standard InChI is InChI=1S/C10H14O6S2/c1-15-18(13,14)16-17(2,3)9-7-5-4-6-8(9)10(11)12/h4-7H,1-3H3,(H,11,12). The molecule has 1 aromatic rings. The van der Waals surface area contributed by atoms with Crippen molar-refractivity contribution in [1.82, 2.24) is 0 Å². The zero-order valence-electron chi connectivity index (χ0n) is 10.1. The first-order valence-electron chi connectivity index (χ1n) is 4.77. The first kappa shape index (κ1) is 15.0. The van der Waals surface area contributed by atoms with Gasteiger partial charge in [-0.1, -0.05) is 22.4 Å². The molecule has 0 saturated heterocycles. The minimum absolute atomic E-state index is 0.0174. The summed E-state index contributed by atoms with van der Waals surface area (Å²) in [7, 11) is -5.44. The molecule has 0 radical (unpaired) electrons. The van der Waals surface area contributed by atoms with Crippen LogP contribution in [-0.2, 0) is 18.2 Å². The summed E-state index contributed by atoms with van der Waals surface area (Å²) in [5.41, 5.74) is 0.0174. The van der Waals surface area contributed by atoms with E-state index in [1.807, 2.05) is 0 Å². The van der Waals surface area contributed by atoms with Crippen LogP contribution in [0.4, 0.5) is 0 Å². The van der Waals surface area contributed by atoms with Crippen LogP contribution in [0.5, 0.6) is 0 Å². The van der Waals surface area contributed by atoms with Crippen molar-refractivity contribution in [3.8, 4) is 0 Å². The lowest BCUT2D eigenvalue weighted by Crippen LogP contribution is -2.14. The van der Waals surface area contributed by atoms with Crippen molar-refractivity contribution >= 4 is 26.7 Å². The molecule has 0 heterocycles. The van der Waals surface area contributed by atoms with Crippen LogP contribution in [0.1, 0.15) is 10.4 Å². The van der Waals surface area contributed by atoms with Gasteiger partial charge in [-0.3, -0.25) is 4.18 Å². The maximum atomic E-state index is 11.3. The second-order valence-corrected chi connectivity index (χ2v) is 8.28. The predicted octanol–water partition coefficient (Wildman–Crippen LogP) is 1.63. The molecule has 6 nitrogen and oxygen atoms in total.